The van der Waals surface area contributed by atoms with Crippen LogP contribution in [0.1, 0.15) is 47.0 Å². The molecule has 0 saturated carbocycles. The zero-order valence-electron chi connectivity index (χ0n) is 14.4. The second-order valence-electron chi connectivity index (χ2n) is 7.85. The lowest BCUT2D eigenvalue weighted by Crippen LogP contribution is -2.53. The van der Waals surface area contributed by atoms with Crippen LogP contribution in [0.2, 0.25) is 0 Å². The molecule has 2 aliphatic heterocycles. The summed E-state index contributed by atoms with van der Waals surface area (Å²) in [7, 11) is 0. The Morgan fingerprint density at radius 2 is 1.90 bits per heavy atom. The molecule has 0 spiro atoms. The third-order valence-electron chi connectivity index (χ3n) is 4.78. The van der Waals surface area contributed by atoms with Gasteiger partial charge in [0.2, 0.25) is 0 Å². The van der Waals surface area contributed by atoms with E-state index in [4.69, 9.17) is 9.47 Å². The summed E-state index contributed by atoms with van der Waals surface area (Å²) in [5.41, 5.74) is 0.545. The van der Waals surface area contributed by atoms with Gasteiger partial charge in [-0.25, -0.2) is 0 Å². The van der Waals surface area contributed by atoms with E-state index in [9.17, 15) is 0 Å². The van der Waals surface area contributed by atoms with Crippen molar-refractivity contribution in [1.82, 2.24) is 10.2 Å². The predicted octanol–water partition coefficient (Wildman–Crippen LogP) is 2.28. The van der Waals surface area contributed by atoms with Crippen molar-refractivity contribution in [3.05, 3.63) is 0 Å². The molecule has 0 aliphatic carbocycles. The summed E-state index contributed by atoms with van der Waals surface area (Å²) in [5.74, 6) is 0. The number of hydrogen-bond acceptors (Lipinski definition) is 4. The van der Waals surface area contributed by atoms with Crippen molar-refractivity contribution in [2.24, 2.45) is 5.41 Å². The maximum atomic E-state index is 5.81. The molecule has 0 aromatic rings. The molecule has 2 saturated heterocycles. The first-order valence-corrected chi connectivity index (χ1v) is 8.59. The van der Waals surface area contributed by atoms with Gasteiger partial charge in [-0.2, -0.15) is 0 Å². The second-order valence-corrected chi connectivity index (χ2v) is 7.85. The van der Waals surface area contributed by atoms with Gasteiger partial charge in [0.25, 0.3) is 0 Å². The minimum absolute atomic E-state index is 0.183. The van der Waals surface area contributed by atoms with Crippen LogP contribution < -0.4 is 5.32 Å². The van der Waals surface area contributed by atoms with Crippen molar-refractivity contribution in [3.63, 3.8) is 0 Å². The fourth-order valence-electron chi connectivity index (χ4n) is 3.29. The van der Waals surface area contributed by atoms with Gasteiger partial charge in [0, 0.05) is 44.9 Å². The maximum Gasteiger partial charge on any atom is 0.0700 e. The molecule has 0 bridgehead atoms. The Morgan fingerprint density at radius 3 is 2.52 bits per heavy atom. The van der Waals surface area contributed by atoms with E-state index in [1.165, 1.54) is 19.4 Å². The summed E-state index contributed by atoms with van der Waals surface area (Å²) < 4.78 is 11.4. The summed E-state index contributed by atoms with van der Waals surface area (Å²) in [6, 6.07) is 0. The number of rotatable bonds is 5. The molecular formula is C17H34N2O2. The van der Waals surface area contributed by atoms with Gasteiger partial charge < -0.3 is 14.8 Å². The van der Waals surface area contributed by atoms with E-state index >= 15 is 0 Å². The molecule has 2 heterocycles. The van der Waals surface area contributed by atoms with Crippen LogP contribution in [-0.2, 0) is 9.47 Å². The lowest BCUT2D eigenvalue weighted by molar-refractivity contribution is -0.0610. The van der Waals surface area contributed by atoms with Crippen LogP contribution in [0.15, 0.2) is 0 Å². The number of nitrogens with one attached hydrogen (secondary N) is 1. The molecule has 4 heteroatoms. The average molecular weight is 298 g/mol. The molecule has 0 aromatic heterocycles. The minimum Gasteiger partial charge on any atom is -0.381 e. The molecule has 124 valence electrons. The smallest absolute Gasteiger partial charge is 0.0700 e. The van der Waals surface area contributed by atoms with Crippen molar-refractivity contribution < 1.29 is 9.47 Å². The van der Waals surface area contributed by atoms with Crippen LogP contribution in [0.5, 0.6) is 0 Å². The zero-order chi connectivity index (χ0) is 15.3. The van der Waals surface area contributed by atoms with Crippen LogP contribution in [0.4, 0.5) is 0 Å². The molecule has 0 radical (unpaired) electrons. The Labute approximate surface area is 130 Å². The van der Waals surface area contributed by atoms with Crippen LogP contribution in [0.3, 0.4) is 0 Å². The molecule has 1 atom stereocenters. The Balaban J connectivity index is 1.95. The van der Waals surface area contributed by atoms with E-state index in [2.05, 4.69) is 37.9 Å². The number of hydrogen-bond donors (Lipinski definition) is 1. The largest absolute Gasteiger partial charge is 0.381 e. The van der Waals surface area contributed by atoms with E-state index < -0.39 is 0 Å². The first kappa shape index (κ1) is 17.2. The van der Waals surface area contributed by atoms with Gasteiger partial charge in [-0.1, -0.05) is 6.92 Å². The third-order valence-corrected chi connectivity index (χ3v) is 4.78. The summed E-state index contributed by atoms with van der Waals surface area (Å²) in [5, 5.41) is 3.73. The molecule has 0 aromatic carbocycles. The Kier molecular flexibility index (Phi) is 6.06. The van der Waals surface area contributed by atoms with Crippen LogP contribution >= 0.6 is 0 Å². The Hall–Kier alpha value is -0.160. The van der Waals surface area contributed by atoms with Gasteiger partial charge in [-0.15, -0.1) is 0 Å². The summed E-state index contributed by atoms with van der Waals surface area (Å²) in [6.07, 6.45) is 3.88. The molecule has 21 heavy (non-hydrogen) atoms. The van der Waals surface area contributed by atoms with Crippen molar-refractivity contribution in [3.8, 4) is 0 Å². The third kappa shape index (κ3) is 5.51. The summed E-state index contributed by atoms with van der Waals surface area (Å²) in [4.78, 5) is 2.62. The van der Waals surface area contributed by atoms with Crippen LogP contribution in [0.25, 0.3) is 0 Å². The fourth-order valence-corrected chi connectivity index (χ4v) is 3.29. The highest BCUT2D eigenvalue weighted by atomic mass is 16.5. The highest BCUT2D eigenvalue weighted by Crippen LogP contribution is 2.32. The molecule has 0 amide bonds. The molecule has 1 N–H and O–H groups in total. The monoisotopic (exact) mass is 298 g/mol. The predicted molar refractivity (Wildman–Crippen MR) is 86.7 cm³/mol. The van der Waals surface area contributed by atoms with Gasteiger partial charge in [0.05, 0.1) is 12.7 Å². The van der Waals surface area contributed by atoms with E-state index in [1.807, 2.05) is 0 Å². The van der Waals surface area contributed by atoms with Gasteiger partial charge in [-0.05, 0) is 45.4 Å². The van der Waals surface area contributed by atoms with Crippen molar-refractivity contribution in [1.29, 1.82) is 0 Å². The van der Waals surface area contributed by atoms with Crippen molar-refractivity contribution in [2.45, 2.75) is 58.6 Å². The number of morpholine rings is 1. The Bertz CT molecular complexity index is 308. The van der Waals surface area contributed by atoms with Crippen molar-refractivity contribution in [2.75, 3.05) is 46.0 Å². The molecule has 2 fully saturated rings. The van der Waals surface area contributed by atoms with Crippen LogP contribution in [-0.4, -0.2) is 62.5 Å². The molecule has 1 unspecified atom stereocenters. The molecule has 2 aliphatic rings. The lowest BCUT2D eigenvalue weighted by atomic mass is 9.78. The van der Waals surface area contributed by atoms with Gasteiger partial charge in [0.15, 0.2) is 0 Å². The van der Waals surface area contributed by atoms with Crippen molar-refractivity contribution >= 4 is 0 Å². The fraction of sp³-hybridized carbons (Fsp3) is 1.00. The standard InChI is InChI=1S/C17H34N2O2/c1-5-15-12-19(8-11-21-15)14-17(6-9-20-10-7-17)13-18-16(2,3)4/h15,18H,5-14H2,1-4H3. The SMILES string of the molecule is CCC1CN(CC2(CNC(C)(C)C)CCOCC2)CCO1. The van der Waals surface area contributed by atoms with Gasteiger partial charge >= 0.3 is 0 Å². The minimum atomic E-state index is 0.183. The van der Waals surface area contributed by atoms with Gasteiger partial charge in [-0.3, -0.25) is 4.90 Å². The first-order valence-electron chi connectivity index (χ1n) is 8.59. The summed E-state index contributed by atoms with van der Waals surface area (Å²) >= 11 is 0. The molecule has 2 rings (SSSR count). The summed E-state index contributed by atoms with van der Waals surface area (Å²) in [6.45, 7) is 16.1. The van der Waals surface area contributed by atoms with Crippen LogP contribution in [0, 0.1) is 5.41 Å². The number of ether oxygens (including phenoxy) is 2. The maximum absolute atomic E-state index is 5.81. The van der Waals surface area contributed by atoms with E-state index in [-0.39, 0.29) is 5.54 Å². The second kappa shape index (κ2) is 7.40. The highest BCUT2D eigenvalue weighted by Gasteiger charge is 2.36. The molecule has 4 nitrogen and oxygen atoms in total. The normalized spacial score (nSPS) is 27.7. The van der Waals surface area contributed by atoms with E-state index in [0.717, 1.165) is 45.9 Å². The number of nitrogens with zero attached hydrogens (tertiary/aromatic N) is 1. The first-order chi connectivity index (χ1) is 9.92. The average Bonchev–Trinajstić information content (AvgIpc) is 2.46. The van der Waals surface area contributed by atoms with E-state index in [0.29, 0.717) is 11.5 Å². The Morgan fingerprint density at radius 1 is 1.19 bits per heavy atom. The lowest BCUT2D eigenvalue weighted by Gasteiger charge is -2.44. The highest BCUT2D eigenvalue weighted by molar-refractivity contribution is 4.90. The topological polar surface area (TPSA) is 33.7 Å². The molecular weight excluding hydrogens is 264 g/mol. The quantitative estimate of drug-likeness (QED) is 0.844. The van der Waals surface area contributed by atoms with E-state index in [1.54, 1.807) is 0 Å². The zero-order valence-corrected chi connectivity index (χ0v) is 14.4. The van der Waals surface area contributed by atoms with Gasteiger partial charge in [0.1, 0.15) is 0 Å².